The Bertz CT molecular complexity index is 745. The fraction of sp³-hybridized carbons (Fsp3) is 0.412. The first-order chi connectivity index (χ1) is 11.5. The molecule has 0 aliphatic carbocycles. The molecule has 126 valence electrons. The van der Waals surface area contributed by atoms with E-state index in [4.69, 9.17) is 11.6 Å². The smallest absolute Gasteiger partial charge is 0.244 e. The number of likely N-dealkylation sites (tertiary alicyclic amines) is 1. The lowest BCUT2D eigenvalue weighted by atomic mass is 9.88. The van der Waals surface area contributed by atoms with Crippen molar-refractivity contribution in [3.8, 4) is 0 Å². The predicted octanol–water partition coefficient (Wildman–Crippen LogP) is 2.36. The molecule has 1 aromatic heterocycles. The highest BCUT2D eigenvalue weighted by atomic mass is 35.5. The fourth-order valence-corrected chi connectivity index (χ4v) is 3.32. The second kappa shape index (κ2) is 7.13. The van der Waals surface area contributed by atoms with E-state index in [1.807, 2.05) is 6.92 Å². The van der Waals surface area contributed by atoms with Gasteiger partial charge in [0, 0.05) is 29.6 Å². The van der Waals surface area contributed by atoms with Crippen molar-refractivity contribution in [2.75, 3.05) is 13.1 Å². The number of carbonyl (C=O) groups excluding carboxylic acids is 2. The first kappa shape index (κ1) is 16.6. The van der Waals surface area contributed by atoms with Crippen molar-refractivity contribution in [2.45, 2.75) is 26.3 Å². The third-order valence-electron chi connectivity index (χ3n) is 4.36. The minimum atomic E-state index is -0.168. The second-order valence-electron chi connectivity index (χ2n) is 6.10. The molecule has 2 heterocycles. The van der Waals surface area contributed by atoms with E-state index >= 15 is 0 Å². The molecule has 24 heavy (non-hydrogen) atoms. The lowest BCUT2D eigenvalue weighted by Gasteiger charge is -2.32. The quantitative estimate of drug-likeness (QED) is 0.797. The number of hydrogen-bond donors (Lipinski definition) is 0. The van der Waals surface area contributed by atoms with Crippen molar-refractivity contribution in [3.05, 3.63) is 47.0 Å². The lowest BCUT2D eigenvalue weighted by Crippen LogP contribution is -2.43. The Morgan fingerprint density at radius 3 is 2.92 bits per heavy atom. The molecular formula is C17H19ClN4O2. The van der Waals surface area contributed by atoms with E-state index in [2.05, 4.69) is 10.1 Å². The van der Waals surface area contributed by atoms with Crippen LogP contribution >= 0.6 is 11.6 Å². The van der Waals surface area contributed by atoms with Crippen molar-refractivity contribution in [2.24, 2.45) is 5.92 Å². The zero-order valence-electron chi connectivity index (χ0n) is 13.5. The van der Waals surface area contributed by atoms with E-state index in [0.29, 0.717) is 23.7 Å². The summed E-state index contributed by atoms with van der Waals surface area (Å²) in [7, 11) is 0. The number of piperidine rings is 1. The lowest BCUT2D eigenvalue weighted by molar-refractivity contribution is -0.133. The zero-order chi connectivity index (χ0) is 17.1. The minimum Gasteiger partial charge on any atom is -0.340 e. The van der Waals surface area contributed by atoms with Crippen LogP contribution in [-0.2, 0) is 11.3 Å². The molecule has 6 nitrogen and oxygen atoms in total. The summed E-state index contributed by atoms with van der Waals surface area (Å²) in [6.07, 6.45) is 4.54. The maximum atomic E-state index is 12.8. The van der Waals surface area contributed by atoms with Crippen LogP contribution in [0.15, 0.2) is 30.9 Å². The Hall–Kier alpha value is -2.21. The molecule has 0 radical (unpaired) electrons. The first-order valence-electron chi connectivity index (χ1n) is 7.95. The Kier molecular flexibility index (Phi) is 4.94. The van der Waals surface area contributed by atoms with Crippen molar-refractivity contribution in [1.82, 2.24) is 19.7 Å². The van der Waals surface area contributed by atoms with Gasteiger partial charge in [-0.2, -0.15) is 5.10 Å². The zero-order valence-corrected chi connectivity index (χ0v) is 14.2. The van der Waals surface area contributed by atoms with Crippen LogP contribution in [0, 0.1) is 12.8 Å². The van der Waals surface area contributed by atoms with Gasteiger partial charge in [-0.15, -0.1) is 0 Å². The van der Waals surface area contributed by atoms with Crippen LogP contribution in [-0.4, -0.2) is 44.4 Å². The summed E-state index contributed by atoms with van der Waals surface area (Å²) in [5, 5.41) is 4.57. The van der Waals surface area contributed by atoms with Crippen molar-refractivity contribution < 1.29 is 9.59 Å². The Balaban J connectivity index is 1.68. The summed E-state index contributed by atoms with van der Waals surface area (Å²) < 4.78 is 1.50. The molecule has 0 saturated carbocycles. The standard InChI is InChI=1S/C17H19ClN4O2/c1-12-7-14(18)4-5-15(12)17(24)13-3-2-6-21(8-13)16(23)9-22-11-19-10-20-22/h4-5,7,10-11,13H,2-3,6,8-9H2,1H3. The summed E-state index contributed by atoms with van der Waals surface area (Å²) in [5.41, 5.74) is 1.56. The number of Topliss-reactive ketones (excluding diaryl/α,β-unsaturated/α-hetero) is 1. The largest absolute Gasteiger partial charge is 0.340 e. The number of ketones is 1. The van der Waals surface area contributed by atoms with Gasteiger partial charge in [-0.3, -0.25) is 9.59 Å². The van der Waals surface area contributed by atoms with Crippen LogP contribution < -0.4 is 0 Å². The summed E-state index contributed by atoms with van der Waals surface area (Å²) in [6.45, 7) is 3.17. The molecule has 1 atom stereocenters. The topological polar surface area (TPSA) is 68.1 Å². The molecule has 2 aromatic rings. The molecule has 0 N–H and O–H groups in total. The summed E-state index contributed by atoms with van der Waals surface area (Å²) in [4.78, 5) is 30.8. The molecule has 1 unspecified atom stereocenters. The number of amides is 1. The number of carbonyl (C=O) groups is 2. The molecule has 1 aromatic carbocycles. The van der Waals surface area contributed by atoms with Gasteiger partial charge in [0.1, 0.15) is 19.2 Å². The van der Waals surface area contributed by atoms with Gasteiger partial charge in [0.2, 0.25) is 5.91 Å². The van der Waals surface area contributed by atoms with Crippen LogP contribution in [0.2, 0.25) is 5.02 Å². The number of aromatic nitrogens is 3. The SMILES string of the molecule is Cc1cc(Cl)ccc1C(=O)C1CCCN(C(=O)Cn2cncn2)C1. The highest BCUT2D eigenvalue weighted by Crippen LogP contribution is 2.24. The maximum absolute atomic E-state index is 12.8. The Labute approximate surface area is 145 Å². The summed E-state index contributed by atoms with van der Waals surface area (Å²) in [6, 6.07) is 5.31. The van der Waals surface area contributed by atoms with Crippen molar-refractivity contribution >= 4 is 23.3 Å². The van der Waals surface area contributed by atoms with Crippen LogP contribution in [0.1, 0.15) is 28.8 Å². The van der Waals surface area contributed by atoms with Crippen molar-refractivity contribution in [3.63, 3.8) is 0 Å². The monoisotopic (exact) mass is 346 g/mol. The van der Waals surface area contributed by atoms with Gasteiger partial charge in [-0.1, -0.05) is 11.6 Å². The van der Waals surface area contributed by atoms with Crippen LogP contribution in [0.4, 0.5) is 0 Å². The molecular weight excluding hydrogens is 328 g/mol. The number of rotatable bonds is 4. The van der Waals surface area contributed by atoms with Crippen LogP contribution in [0.3, 0.4) is 0 Å². The van der Waals surface area contributed by atoms with Crippen LogP contribution in [0.25, 0.3) is 0 Å². The van der Waals surface area contributed by atoms with Gasteiger partial charge in [0.25, 0.3) is 0 Å². The number of hydrogen-bond acceptors (Lipinski definition) is 4. The van der Waals surface area contributed by atoms with Gasteiger partial charge in [0.05, 0.1) is 0 Å². The number of nitrogens with zero attached hydrogens (tertiary/aromatic N) is 4. The third kappa shape index (κ3) is 3.64. The van der Waals surface area contributed by atoms with Gasteiger partial charge < -0.3 is 4.90 Å². The van der Waals surface area contributed by atoms with Crippen LogP contribution in [0.5, 0.6) is 0 Å². The minimum absolute atomic E-state index is 0.0363. The molecule has 1 fully saturated rings. The van der Waals surface area contributed by atoms with Gasteiger partial charge >= 0.3 is 0 Å². The number of benzene rings is 1. The summed E-state index contributed by atoms with van der Waals surface area (Å²) in [5.74, 6) is -0.119. The van der Waals surface area contributed by atoms with E-state index < -0.39 is 0 Å². The molecule has 0 bridgehead atoms. The molecule has 1 aliphatic heterocycles. The highest BCUT2D eigenvalue weighted by Gasteiger charge is 2.29. The van der Waals surface area contributed by atoms with E-state index in [0.717, 1.165) is 18.4 Å². The van der Waals surface area contributed by atoms with E-state index in [9.17, 15) is 9.59 Å². The number of halogens is 1. The maximum Gasteiger partial charge on any atom is 0.244 e. The normalized spacial score (nSPS) is 17.8. The summed E-state index contributed by atoms with van der Waals surface area (Å²) >= 11 is 5.96. The highest BCUT2D eigenvalue weighted by molar-refractivity contribution is 6.30. The molecule has 7 heteroatoms. The van der Waals surface area contributed by atoms with E-state index in [-0.39, 0.29) is 24.2 Å². The predicted molar refractivity (Wildman–Crippen MR) is 89.8 cm³/mol. The second-order valence-corrected chi connectivity index (χ2v) is 6.53. The molecule has 1 aliphatic rings. The van der Waals surface area contributed by atoms with Gasteiger partial charge in [-0.25, -0.2) is 9.67 Å². The molecule has 1 saturated heterocycles. The van der Waals surface area contributed by atoms with Gasteiger partial charge in [0.15, 0.2) is 5.78 Å². The third-order valence-corrected chi connectivity index (χ3v) is 4.60. The molecule has 3 rings (SSSR count). The number of aryl methyl sites for hydroxylation is 1. The van der Waals surface area contributed by atoms with Crippen molar-refractivity contribution in [1.29, 1.82) is 0 Å². The molecule has 0 spiro atoms. The fourth-order valence-electron chi connectivity index (χ4n) is 3.09. The Morgan fingerprint density at radius 2 is 2.21 bits per heavy atom. The molecule has 1 amide bonds. The Morgan fingerprint density at radius 1 is 1.38 bits per heavy atom. The average molecular weight is 347 g/mol. The van der Waals surface area contributed by atoms with E-state index in [1.54, 1.807) is 23.1 Å². The average Bonchev–Trinajstić information content (AvgIpc) is 3.07. The van der Waals surface area contributed by atoms with E-state index in [1.165, 1.54) is 17.3 Å². The van der Waals surface area contributed by atoms with Gasteiger partial charge in [-0.05, 0) is 43.5 Å². The first-order valence-corrected chi connectivity index (χ1v) is 8.33.